The van der Waals surface area contributed by atoms with Crippen molar-refractivity contribution in [3.63, 3.8) is 0 Å². The number of alkyl carbamates (subject to hydrolysis) is 1. The Labute approximate surface area is 291 Å². The molecule has 0 unspecified atom stereocenters. The number of rotatable bonds is 11. The molecular formula is C39H53BN2O7. The summed E-state index contributed by atoms with van der Waals surface area (Å²) >= 11 is 0. The van der Waals surface area contributed by atoms with Crippen LogP contribution in [0.1, 0.15) is 105 Å². The van der Waals surface area contributed by atoms with E-state index < -0.39 is 48.3 Å². The van der Waals surface area contributed by atoms with E-state index in [2.05, 4.69) is 69.5 Å². The molecule has 1 heterocycles. The molecule has 2 amide bonds. The highest BCUT2D eigenvalue weighted by atomic mass is 16.7. The number of carbonyl (C=O) groups excluding carboxylic acids is 3. The van der Waals surface area contributed by atoms with E-state index in [0.717, 1.165) is 35.1 Å². The lowest BCUT2D eigenvalue weighted by Gasteiger charge is -2.64. The molecule has 10 heteroatoms. The van der Waals surface area contributed by atoms with Crippen LogP contribution in [-0.2, 0) is 28.4 Å². The zero-order chi connectivity index (χ0) is 35.3. The van der Waals surface area contributed by atoms with E-state index in [-0.39, 0.29) is 42.8 Å². The molecule has 2 aromatic carbocycles. The maximum Gasteiger partial charge on any atom is 0.481 e. The molecular weight excluding hydrogens is 619 g/mol. The van der Waals surface area contributed by atoms with Crippen molar-refractivity contribution in [3.05, 3.63) is 59.7 Å². The predicted octanol–water partition coefficient (Wildman–Crippen LogP) is 6.81. The Hall–Kier alpha value is -3.37. The molecule has 3 saturated carbocycles. The second-order valence-corrected chi connectivity index (χ2v) is 16.7. The first-order valence-corrected chi connectivity index (χ1v) is 18.0. The van der Waals surface area contributed by atoms with Crippen molar-refractivity contribution in [1.29, 1.82) is 0 Å². The van der Waals surface area contributed by atoms with Crippen molar-refractivity contribution in [2.45, 2.75) is 123 Å². The quantitative estimate of drug-likeness (QED) is 0.199. The molecule has 6 atom stereocenters. The molecule has 9 nitrogen and oxygen atoms in total. The normalized spacial score (nSPS) is 26.1. The van der Waals surface area contributed by atoms with Crippen LogP contribution in [0, 0.1) is 23.2 Å². The van der Waals surface area contributed by atoms with Gasteiger partial charge in [-0.1, -0.05) is 76.2 Å². The maximum atomic E-state index is 14.0. The van der Waals surface area contributed by atoms with E-state index in [0.29, 0.717) is 18.3 Å². The Kier molecular flexibility index (Phi) is 9.70. The summed E-state index contributed by atoms with van der Waals surface area (Å²) in [5, 5.41) is 5.93. The summed E-state index contributed by atoms with van der Waals surface area (Å²) in [4.78, 5) is 40.1. The number of esters is 1. The molecule has 1 saturated heterocycles. The lowest BCUT2D eigenvalue weighted by Crippen LogP contribution is -2.65. The number of benzene rings is 2. The summed E-state index contributed by atoms with van der Waals surface area (Å²) in [6.45, 7) is 16.5. The van der Waals surface area contributed by atoms with Gasteiger partial charge in [0, 0.05) is 12.3 Å². The van der Waals surface area contributed by atoms with Gasteiger partial charge in [-0.05, 0) is 98.8 Å². The average molecular weight is 673 g/mol. The van der Waals surface area contributed by atoms with Crippen molar-refractivity contribution in [2.24, 2.45) is 23.2 Å². The lowest BCUT2D eigenvalue weighted by atomic mass is 9.43. The van der Waals surface area contributed by atoms with Crippen LogP contribution in [0.15, 0.2) is 48.5 Å². The standard InChI is InChI=1S/C39H53BN2O7/c1-23(2)19-33(40-48-32-21-24-20-31(38(24,6)7)39(32,8)49-40)42-35(44)30(17-18-34(43)47-37(3,4)5)41-36(45)46-22-29-27-15-11-9-13-25(27)26-14-10-12-16-28(26)29/h9-16,23-24,29-33H,17-22H2,1-8H3,(H,41,45)(H,42,44)/t24-,30-,31-,32+,33-,39-/m0/s1. The van der Waals surface area contributed by atoms with Crippen LogP contribution in [0.25, 0.3) is 11.1 Å². The summed E-state index contributed by atoms with van der Waals surface area (Å²) in [7, 11) is -0.613. The molecule has 0 radical (unpaired) electrons. The monoisotopic (exact) mass is 672 g/mol. The van der Waals surface area contributed by atoms with Gasteiger partial charge >= 0.3 is 19.2 Å². The third-order valence-corrected chi connectivity index (χ3v) is 11.4. The van der Waals surface area contributed by atoms with Crippen LogP contribution >= 0.6 is 0 Å². The second-order valence-electron chi connectivity index (χ2n) is 16.7. The fourth-order valence-electron chi connectivity index (χ4n) is 8.81. The number of amides is 2. The van der Waals surface area contributed by atoms with Crippen molar-refractivity contribution >= 4 is 25.1 Å². The molecule has 2 aromatic rings. The third-order valence-electron chi connectivity index (χ3n) is 11.4. The maximum absolute atomic E-state index is 14.0. The fourth-order valence-corrected chi connectivity index (χ4v) is 8.81. The molecule has 1 aliphatic heterocycles. The first-order chi connectivity index (χ1) is 23.1. The van der Waals surface area contributed by atoms with Crippen LogP contribution in [0.3, 0.4) is 0 Å². The van der Waals surface area contributed by atoms with Gasteiger partial charge in [-0.3, -0.25) is 9.59 Å². The van der Waals surface area contributed by atoms with Gasteiger partial charge < -0.3 is 29.4 Å². The smallest absolute Gasteiger partial charge is 0.460 e. The summed E-state index contributed by atoms with van der Waals surface area (Å²) < 4.78 is 24.6. The van der Waals surface area contributed by atoms with Crippen LogP contribution < -0.4 is 10.6 Å². The van der Waals surface area contributed by atoms with Crippen LogP contribution in [0.2, 0.25) is 0 Å². The summed E-state index contributed by atoms with van der Waals surface area (Å²) in [5.41, 5.74) is 3.56. The minimum atomic E-state index is -1.04. The Morgan fingerprint density at radius 1 is 0.959 bits per heavy atom. The largest absolute Gasteiger partial charge is 0.481 e. The van der Waals surface area contributed by atoms with Crippen molar-refractivity contribution < 1.29 is 33.2 Å². The first-order valence-electron chi connectivity index (χ1n) is 18.0. The Balaban J connectivity index is 1.15. The Morgan fingerprint density at radius 3 is 2.18 bits per heavy atom. The Morgan fingerprint density at radius 2 is 1.59 bits per heavy atom. The van der Waals surface area contributed by atoms with Crippen LogP contribution in [0.5, 0.6) is 0 Å². The number of carbonyl (C=O) groups is 3. The zero-order valence-electron chi connectivity index (χ0n) is 30.3. The zero-order valence-corrected chi connectivity index (χ0v) is 30.3. The third kappa shape index (κ3) is 7.14. The van der Waals surface area contributed by atoms with Gasteiger partial charge in [-0.25, -0.2) is 4.79 Å². The van der Waals surface area contributed by atoms with Crippen molar-refractivity contribution in [1.82, 2.24) is 10.6 Å². The average Bonchev–Trinajstić information content (AvgIpc) is 3.55. The van der Waals surface area contributed by atoms with Crippen LogP contribution in [-0.4, -0.2) is 61.0 Å². The van der Waals surface area contributed by atoms with E-state index in [9.17, 15) is 14.4 Å². The fraction of sp³-hybridized carbons (Fsp3) is 0.615. The van der Waals surface area contributed by atoms with E-state index in [1.165, 1.54) is 0 Å². The van der Waals surface area contributed by atoms with Gasteiger partial charge in [0.05, 0.1) is 17.6 Å². The van der Waals surface area contributed by atoms with Gasteiger partial charge in [-0.2, -0.15) is 0 Å². The van der Waals surface area contributed by atoms with E-state index in [1.54, 1.807) is 20.8 Å². The van der Waals surface area contributed by atoms with E-state index in [1.807, 2.05) is 24.3 Å². The number of ether oxygens (including phenoxy) is 2. The molecule has 0 aromatic heterocycles. The van der Waals surface area contributed by atoms with E-state index in [4.69, 9.17) is 18.8 Å². The highest BCUT2D eigenvalue weighted by Gasteiger charge is 2.68. The topological polar surface area (TPSA) is 112 Å². The van der Waals surface area contributed by atoms with Crippen LogP contribution in [0.4, 0.5) is 4.79 Å². The lowest BCUT2D eigenvalue weighted by molar-refractivity contribution is -0.199. The summed E-state index contributed by atoms with van der Waals surface area (Å²) in [5.74, 6) is -0.188. The number of hydrogen-bond acceptors (Lipinski definition) is 7. The molecule has 4 fully saturated rings. The highest BCUT2D eigenvalue weighted by Crippen LogP contribution is 2.65. The SMILES string of the molecule is CC(C)C[C@H](NC(=O)[C@H](CCC(=O)OC(C)(C)C)NC(=O)OCC1c2ccccc2-c2ccccc21)B1O[C@@H]2C[C@@H]3C[C@@H](C3(C)C)[C@]2(C)O1. The first kappa shape index (κ1) is 35.5. The molecule has 264 valence electrons. The van der Waals surface area contributed by atoms with Crippen molar-refractivity contribution in [2.75, 3.05) is 6.61 Å². The highest BCUT2D eigenvalue weighted by molar-refractivity contribution is 6.48. The predicted molar refractivity (Wildman–Crippen MR) is 189 cm³/mol. The number of hydrogen-bond donors (Lipinski definition) is 2. The summed E-state index contributed by atoms with van der Waals surface area (Å²) in [6.07, 6.45) is 1.95. The molecule has 5 aliphatic rings. The molecule has 2 N–H and O–H groups in total. The number of nitrogens with one attached hydrogen (secondary N) is 2. The molecule has 2 bridgehead atoms. The van der Waals surface area contributed by atoms with Gasteiger partial charge in [0.2, 0.25) is 5.91 Å². The van der Waals surface area contributed by atoms with E-state index >= 15 is 0 Å². The number of fused-ring (bicyclic) bond motifs is 3. The van der Waals surface area contributed by atoms with Gasteiger partial charge in [-0.15, -0.1) is 0 Å². The van der Waals surface area contributed by atoms with Gasteiger partial charge in [0.1, 0.15) is 18.2 Å². The second kappa shape index (κ2) is 13.4. The minimum Gasteiger partial charge on any atom is -0.460 e. The Bertz CT molecular complexity index is 1520. The summed E-state index contributed by atoms with van der Waals surface area (Å²) in [6, 6.07) is 15.2. The minimum absolute atomic E-state index is 0.0252. The molecule has 7 rings (SSSR count). The molecule has 4 aliphatic carbocycles. The van der Waals surface area contributed by atoms with Gasteiger partial charge in [0.25, 0.3) is 0 Å². The van der Waals surface area contributed by atoms with Gasteiger partial charge in [0.15, 0.2) is 0 Å². The molecule has 49 heavy (non-hydrogen) atoms. The van der Waals surface area contributed by atoms with Crippen molar-refractivity contribution in [3.8, 4) is 11.1 Å². The molecule has 0 spiro atoms.